The molecule has 0 bridgehead atoms. The first-order chi connectivity index (χ1) is 10.3. The maximum atomic E-state index is 9.24. The molecule has 0 atom stereocenters. The summed E-state index contributed by atoms with van der Waals surface area (Å²) in [5.41, 5.74) is 3.74. The molecule has 0 aromatic heterocycles. The molecule has 2 aromatic rings. The number of phenols is 1. The molecule has 0 aliphatic heterocycles. The molecule has 22 heavy (non-hydrogen) atoms. The van der Waals surface area contributed by atoms with E-state index in [0.29, 0.717) is 5.75 Å². The molecule has 0 unspecified atom stereocenters. The van der Waals surface area contributed by atoms with E-state index in [1.54, 1.807) is 12.1 Å². The fourth-order valence-corrected chi connectivity index (χ4v) is 1.90. The summed E-state index contributed by atoms with van der Waals surface area (Å²) in [6.07, 6.45) is 3.64. The van der Waals surface area contributed by atoms with Crippen LogP contribution in [0.3, 0.4) is 0 Å². The van der Waals surface area contributed by atoms with Crippen molar-refractivity contribution in [3.63, 3.8) is 0 Å². The zero-order chi connectivity index (χ0) is 16.6. The maximum Gasteiger partial charge on any atom is 0.394 e. The van der Waals surface area contributed by atoms with Crippen LogP contribution in [-0.4, -0.2) is 22.6 Å². The van der Waals surface area contributed by atoms with Crippen molar-refractivity contribution in [3.8, 4) is 16.9 Å². The lowest BCUT2D eigenvalue weighted by Gasteiger charge is -2.04. The molecular formula is C16H20O5S. The highest BCUT2D eigenvalue weighted by Crippen LogP contribution is 2.22. The van der Waals surface area contributed by atoms with Crippen LogP contribution in [0.2, 0.25) is 0 Å². The standard InChI is InChI=1S/C16H18O.H2O4S/c1-2-3-4-13-5-7-14(8-6-13)15-9-11-16(17)12-10-15;1-5(2,3)4/h5-12,17H,2-4H2,1H3;(H2,1,2,3,4). The van der Waals surface area contributed by atoms with Gasteiger partial charge in [-0.25, -0.2) is 0 Å². The second kappa shape index (κ2) is 8.53. The van der Waals surface area contributed by atoms with Gasteiger partial charge in [-0.15, -0.1) is 0 Å². The van der Waals surface area contributed by atoms with Crippen LogP contribution < -0.4 is 0 Å². The zero-order valence-corrected chi connectivity index (χ0v) is 13.1. The minimum absolute atomic E-state index is 0.313. The molecule has 5 nitrogen and oxygen atoms in total. The van der Waals surface area contributed by atoms with Gasteiger partial charge >= 0.3 is 10.4 Å². The summed E-state index contributed by atoms with van der Waals surface area (Å²) in [5, 5.41) is 9.24. The quantitative estimate of drug-likeness (QED) is 0.745. The Kier molecular flexibility index (Phi) is 7.04. The van der Waals surface area contributed by atoms with Crippen molar-refractivity contribution in [1.82, 2.24) is 0 Å². The number of hydrogen-bond acceptors (Lipinski definition) is 3. The summed E-state index contributed by atoms with van der Waals surface area (Å²) >= 11 is 0. The Hall–Kier alpha value is -1.89. The van der Waals surface area contributed by atoms with E-state index in [4.69, 9.17) is 17.5 Å². The van der Waals surface area contributed by atoms with Gasteiger partial charge in [0, 0.05) is 0 Å². The minimum Gasteiger partial charge on any atom is -0.508 e. The zero-order valence-electron chi connectivity index (χ0n) is 12.3. The number of aromatic hydroxyl groups is 1. The summed E-state index contributed by atoms with van der Waals surface area (Å²) in [4.78, 5) is 0. The molecule has 2 rings (SSSR count). The van der Waals surface area contributed by atoms with Crippen LogP contribution in [0.25, 0.3) is 11.1 Å². The molecule has 0 saturated heterocycles. The molecule has 6 heteroatoms. The van der Waals surface area contributed by atoms with E-state index in [-0.39, 0.29) is 0 Å². The van der Waals surface area contributed by atoms with E-state index in [1.807, 2.05) is 12.1 Å². The molecule has 2 aromatic carbocycles. The Morgan fingerprint density at radius 2 is 1.27 bits per heavy atom. The summed E-state index contributed by atoms with van der Waals surface area (Å²) in [6, 6.07) is 16.0. The molecule has 120 valence electrons. The molecule has 0 heterocycles. The Bertz CT molecular complexity index is 653. The molecule has 0 amide bonds. The Balaban J connectivity index is 0.000000422. The van der Waals surface area contributed by atoms with E-state index >= 15 is 0 Å². The fourth-order valence-electron chi connectivity index (χ4n) is 1.90. The highest BCUT2D eigenvalue weighted by molar-refractivity contribution is 7.79. The summed E-state index contributed by atoms with van der Waals surface area (Å²) in [7, 11) is -4.67. The average molecular weight is 324 g/mol. The Morgan fingerprint density at radius 1 is 0.864 bits per heavy atom. The van der Waals surface area contributed by atoms with Crippen molar-refractivity contribution in [2.45, 2.75) is 26.2 Å². The van der Waals surface area contributed by atoms with Crippen LogP contribution in [0.1, 0.15) is 25.3 Å². The number of rotatable bonds is 4. The minimum atomic E-state index is -4.67. The molecule has 0 saturated carbocycles. The molecule has 0 aliphatic carbocycles. The molecule has 3 N–H and O–H groups in total. The third kappa shape index (κ3) is 7.78. The van der Waals surface area contributed by atoms with Crippen LogP contribution in [0, 0.1) is 0 Å². The van der Waals surface area contributed by atoms with Crippen molar-refractivity contribution < 1.29 is 22.6 Å². The van der Waals surface area contributed by atoms with Gasteiger partial charge in [0.05, 0.1) is 0 Å². The second-order valence-corrected chi connectivity index (χ2v) is 5.69. The largest absolute Gasteiger partial charge is 0.508 e. The van der Waals surface area contributed by atoms with Crippen LogP contribution in [0.5, 0.6) is 5.75 Å². The van der Waals surface area contributed by atoms with E-state index in [0.717, 1.165) is 12.0 Å². The number of phenolic OH excluding ortho intramolecular Hbond substituents is 1. The van der Waals surface area contributed by atoms with E-state index in [2.05, 4.69) is 31.2 Å². The first-order valence-electron chi connectivity index (χ1n) is 6.88. The highest BCUT2D eigenvalue weighted by Gasteiger charge is 1.98. The van der Waals surface area contributed by atoms with Crippen molar-refractivity contribution in [2.24, 2.45) is 0 Å². The number of benzene rings is 2. The summed E-state index contributed by atoms with van der Waals surface area (Å²) < 4.78 is 31.6. The van der Waals surface area contributed by atoms with Crippen LogP contribution in [0.15, 0.2) is 48.5 Å². The SMILES string of the molecule is CCCCc1ccc(-c2ccc(O)cc2)cc1.O=S(=O)(O)O. The van der Waals surface area contributed by atoms with Crippen molar-refractivity contribution in [1.29, 1.82) is 0 Å². The fraction of sp³-hybridized carbons (Fsp3) is 0.250. The first kappa shape index (κ1) is 18.2. The number of aryl methyl sites for hydroxylation is 1. The predicted octanol–water partition coefficient (Wildman–Crippen LogP) is 3.75. The third-order valence-corrected chi connectivity index (χ3v) is 2.97. The van der Waals surface area contributed by atoms with Crippen molar-refractivity contribution in [2.75, 3.05) is 0 Å². The van der Waals surface area contributed by atoms with Gasteiger partial charge in [-0.3, -0.25) is 9.11 Å². The van der Waals surface area contributed by atoms with Crippen LogP contribution in [0.4, 0.5) is 0 Å². The van der Waals surface area contributed by atoms with Gasteiger partial charge in [0.2, 0.25) is 0 Å². The average Bonchev–Trinajstić information content (AvgIpc) is 2.45. The van der Waals surface area contributed by atoms with Gasteiger partial charge in [0.1, 0.15) is 5.75 Å². The summed E-state index contributed by atoms with van der Waals surface area (Å²) in [5.74, 6) is 0.313. The van der Waals surface area contributed by atoms with Crippen LogP contribution >= 0.6 is 0 Å². The molecular weight excluding hydrogens is 304 g/mol. The van der Waals surface area contributed by atoms with Gasteiger partial charge in [-0.1, -0.05) is 49.7 Å². The number of hydrogen-bond donors (Lipinski definition) is 3. The summed E-state index contributed by atoms with van der Waals surface area (Å²) in [6.45, 7) is 2.21. The maximum absolute atomic E-state index is 9.24. The lowest BCUT2D eigenvalue weighted by Crippen LogP contribution is -1.89. The number of unbranched alkanes of at least 4 members (excludes halogenated alkanes) is 1. The van der Waals surface area contributed by atoms with E-state index in [9.17, 15) is 5.11 Å². The first-order valence-corrected chi connectivity index (χ1v) is 8.27. The molecule has 0 aliphatic rings. The van der Waals surface area contributed by atoms with Gasteiger partial charge in [-0.05, 0) is 41.7 Å². The van der Waals surface area contributed by atoms with Gasteiger partial charge in [-0.2, -0.15) is 8.42 Å². The smallest absolute Gasteiger partial charge is 0.394 e. The van der Waals surface area contributed by atoms with Crippen LogP contribution in [-0.2, 0) is 16.8 Å². The third-order valence-electron chi connectivity index (χ3n) is 2.97. The molecule has 0 fully saturated rings. The Morgan fingerprint density at radius 3 is 1.68 bits per heavy atom. The van der Waals surface area contributed by atoms with Gasteiger partial charge in [0.15, 0.2) is 0 Å². The van der Waals surface area contributed by atoms with E-state index in [1.165, 1.54) is 24.0 Å². The lowest BCUT2D eigenvalue weighted by atomic mass is 10.0. The topological polar surface area (TPSA) is 94.8 Å². The van der Waals surface area contributed by atoms with Crippen molar-refractivity contribution >= 4 is 10.4 Å². The second-order valence-electron chi connectivity index (χ2n) is 4.80. The van der Waals surface area contributed by atoms with Gasteiger partial charge in [0.25, 0.3) is 0 Å². The normalized spacial score (nSPS) is 10.7. The molecule has 0 spiro atoms. The lowest BCUT2D eigenvalue weighted by molar-refractivity contribution is 0.381. The Labute approximate surface area is 130 Å². The monoisotopic (exact) mass is 324 g/mol. The molecule has 0 radical (unpaired) electrons. The highest BCUT2D eigenvalue weighted by atomic mass is 32.3. The van der Waals surface area contributed by atoms with E-state index < -0.39 is 10.4 Å². The van der Waals surface area contributed by atoms with Crippen molar-refractivity contribution in [3.05, 3.63) is 54.1 Å². The van der Waals surface area contributed by atoms with Gasteiger partial charge < -0.3 is 5.11 Å². The predicted molar refractivity (Wildman–Crippen MR) is 86.3 cm³/mol.